The molecule has 0 spiro atoms. The van der Waals surface area contributed by atoms with Crippen molar-refractivity contribution in [3.8, 4) is 11.5 Å². The summed E-state index contributed by atoms with van der Waals surface area (Å²) < 4.78 is 16.8. The van der Waals surface area contributed by atoms with Crippen LogP contribution in [0.3, 0.4) is 0 Å². The van der Waals surface area contributed by atoms with Crippen molar-refractivity contribution in [1.29, 1.82) is 0 Å². The number of ether oxygens (including phenoxy) is 3. The minimum absolute atomic E-state index is 0.262. The summed E-state index contributed by atoms with van der Waals surface area (Å²) in [5, 5.41) is 5.65. The van der Waals surface area contributed by atoms with E-state index < -0.39 is 12.0 Å². The molecule has 1 unspecified atom stereocenters. The molecule has 7 nitrogen and oxygen atoms in total. The molecule has 1 heterocycles. The van der Waals surface area contributed by atoms with Crippen molar-refractivity contribution in [2.45, 2.75) is 59.4 Å². The van der Waals surface area contributed by atoms with E-state index in [2.05, 4.69) is 17.6 Å². The summed E-state index contributed by atoms with van der Waals surface area (Å²) >= 11 is 0. The third-order valence-corrected chi connectivity index (χ3v) is 4.49. The summed E-state index contributed by atoms with van der Waals surface area (Å²) in [6.07, 6.45) is 3.30. The first kappa shape index (κ1) is 22.6. The van der Waals surface area contributed by atoms with Crippen molar-refractivity contribution in [2.24, 2.45) is 0 Å². The first-order valence-corrected chi connectivity index (χ1v) is 10.4. The standard InChI is InChI=1S/C22H32N2O5/c1-5-9-10-16-19(21(25)28-8-4)20(24-22(26)23-16)15-11-12-17(29-13-6-2)18(14-15)27-7-3/h11-12,14,20H,5-10,13H2,1-4H3,(H2,23,24,26). The Morgan fingerprint density at radius 3 is 2.48 bits per heavy atom. The van der Waals surface area contributed by atoms with Crippen LogP contribution < -0.4 is 20.1 Å². The second kappa shape index (κ2) is 11.3. The topological polar surface area (TPSA) is 85.9 Å². The zero-order valence-corrected chi connectivity index (χ0v) is 17.8. The lowest BCUT2D eigenvalue weighted by molar-refractivity contribution is -0.139. The van der Waals surface area contributed by atoms with E-state index >= 15 is 0 Å². The van der Waals surface area contributed by atoms with Gasteiger partial charge in [0.05, 0.1) is 31.4 Å². The van der Waals surface area contributed by atoms with E-state index in [9.17, 15) is 9.59 Å². The van der Waals surface area contributed by atoms with Crippen molar-refractivity contribution in [3.63, 3.8) is 0 Å². The van der Waals surface area contributed by atoms with Gasteiger partial charge in [0.1, 0.15) is 0 Å². The van der Waals surface area contributed by atoms with Gasteiger partial charge in [-0.15, -0.1) is 0 Å². The summed E-state index contributed by atoms with van der Waals surface area (Å²) in [5.74, 6) is 0.801. The van der Waals surface area contributed by atoms with E-state index in [0.29, 0.717) is 42.4 Å². The van der Waals surface area contributed by atoms with Gasteiger partial charge < -0.3 is 24.8 Å². The Hall–Kier alpha value is -2.70. The lowest BCUT2D eigenvalue weighted by Gasteiger charge is -2.30. The van der Waals surface area contributed by atoms with Crippen LogP contribution in [0.2, 0.25) is 0 Å². The summed E-state index contributed by atoms with van der Waals surface area (Å²) in [5.41, 5.74) is 1.79. The number of carbonyl (C=O) groups is 2. The fraction of sp³-hybridized carbons (Fsp3) is 0.545. The summed E-state index contributed by atoms with van der Waals surface area (Å²) in [4.78, 5) is 25.1. The number of allylic oxidation sites excluding steroid dienone is 1. The molecule has 0 saturated heterocycles. The lowest BCUT2D eigenvalue weighted by Crippen LogP contribution is -2.46. The second-order valence-corrected chi connectivity index (χ2v) is 6.74. The molecule has 0 saturated carbocycles. The fourth-order valence-electron chi connectivity index (χ4n) is 3.17. The van der Waals surface area contributed by atoms with Gasteiger partial charge in [0.2, 0.25) is 0 Å². The molecule has 0 aromatic heterocycles. The van der Waals surface area contributed by atoms with Gasteiger partial charge in [-0.05, 0) is 50.8 Å². The number of rotatable bonds is 11. The van der Waals surface area contributed by atoms with Gasteiger partial charge >= 0.3 is 12.0 Å². The maximum atomic E-state index is 12.8. The highest BCUT2D eigenvalue weighted by Crippen LogP contribution is 2.35. The van der Waals surface area contributed by atoms with Gasteiger partial charge in [-0.25, -0.2) is 9.59 Å². The van der Waals surface area contributed by atoms with E-state index in [0.717, 1.165) is 24.8 Å². The highest BCUT2D eigenvalue weighted by Gasteiger charge is 2.33. The van der Waals surface area contributed by atoms with Crippen molar-refractivity contribution >= 4 is 12.0 Å². The molecular formula is C22H32N2O5. The number of esters is 1. The molecule has 1 aromatic carbocycles. The zero-order valence-electron chi connectivity index (χ0n) is 17.8. The maximum absolute atomic E-state index is 12.8. The maximum Gasteiger partial charge on any atom is 0.338 e. The molecule has 2 N–H and O–H groups in total. The normalized spacial score (nSPS) is 16.1. The van der Waals surface area contributed by atoms with Crippen LogP contribution in [0.1, 0.15) is 65.0 Å². The van der Waals surface area contributed by atoms with Crippen LogP contribution in [0.5, 0.6) is 11.5 Å². The molecule has 0 radical (unpaired) electrons. The highest BCUT2D eigenvalue weighted by molar-refractivity contribution is 5.95. The Morgan fingerprint density at radius 2 is 1.83 bits per heavy atom. The first-order chi connectivity index (χ1) is 14.0. The molecule has 0 aliphatic carbocycles. The summed E-state index contributed by atoms with van der Waals surface area (Å²) in [7, 11) is 0. The van der Waals surface area contributed by atoms with E-state index in [1.807, 2.05) is 32.0 Å². The third kappa shape index (κ3) is 5.89. The summed E-state index contributed by atoms with van der Waals surface area (Å²) in [6.45, 7) is 9.09. The fourth-order valence-corrected chi connectivity index (χ4v) is 3.17. The molecule has 1 aliphatic rings. The smallest absolute Gasteiger partial charge is 0.338 e. The molecule has 1 aliphatic heterocycles. The molecule has 1 atom stereocenters. The SMILES string of the molecule is CCCCC1=C(C(=O)OCC)C(c2ccc(OCCC)c(OCC)c2)NC(=O)N1. The zero-order chi connectivity index (χ0) is 21.2. The Bertz CT molecular complexity index is 745. The predicted octanol–water partition coefficient (Wildman–Crippen LogP) is 4.24. The van der Waals surface area contributed by atoms with Crippen LogP contribution in [0.15, 0.2) is 29.5 Å². The molecular weight excluding hydrogens is 372 g/mol. The third-order valence-electron chi connectivity index (χ3n) is 4.49. The van der Waals surface area contributed by atoms with E-state index in [4.69, 9.17) is 14.2 Å². The number of urea groups is 1. The van der Waals surface area contributed by atoms with Crippen LogP contribution in [0.4, 0.5) is 4.79 Å². The Labute approximate surface area is 172 Å². The second-order valence-electron chi connectivity index (χ2n) is 6.74. The molecule has 0 bridgehead atoms. The van der Waals surface area contributed by atoms with Crippen molar-refractivity contribution in [2.75, 3.05) is 19.8 Å². The Balaban J connectivity index is 2.48. The largest absolute Gasteiger partial charge is 0.490 e. The Kier molecular flexibility index (Phi) is 8.83. The monoisotopic (exact) mass is 404 g/mol. The van der Waals surface area contributed by atoms with Crippen molar-refractivity contribution in [1.82, 2.24) is 10.6 Å². The highest BCUT2D eigenvalue weighted by atomic mass is 16.5. The minimum Gasteiger partial charge on any atom is -0.490 e. The molecule has 2 rings (SSSR count). The summed E-state index contributed by atoms with van der Waals surface area (Å²) in [6, 6.07) is 4.54. The molecule has 7 heteroatoms. The number of amides is 2. The molecule has 1 aromatic rings. The van der Waals surface area contributed by atoms with Gasteiger partial charge in [0, 0.05) is 5.70 Å². The average molecular weight is 405 g/mol. The van der Waals surface area contributed by atoms with Crippen LogP contribution in [0, 0.1) is 0 Å². The van der Waals surface area contributed by atoms with E-state index in [-0.39, 0.29) is 12.6 Å². The number of hydrogen-bond donors (Lipinski definition) is 2. The average Bonchev–Trinajstić information content (AvgIpc) is 2.71. The first-order valence-electron chi connectivity index (χ1n) is 10.4. The number of nitrogens with one attached hydrogen (secondary N) is 2. The predicted molar refractivity (Wildman–Crippen MR) is 111 cm³/mol. The number of unbranched alkanes of at least 4 members (excludes halogenated alkanes) is 1. The molecule has 29 heavy (non-hydrogen) atoms. The Morgan fingerprint density at radius 1 is 1.03 bits per heavy atom. The van der Waals surface area contributed by atoms with Gasteiger partial charge in [-0.3, -0.25) is 0 Å². The molecule has 0 fully saturated rings. The quantitative estimate of drug-likeness (QED) is 0.539. The van der Waals surface area contributed by atoms with E-state index in [1.54, 1.807) is 6.92 Å². The van der Waals surface area contributed by atoms with E-state index in [1.165, 1.54) is 0 Å². The van der Waals surface area contributed by atoms with Crippen LogP contribution >= 0.6 is 0 Å². The van der Waals surface area contributed by atoms with Gasteiger partial charge in [-0.1, -0.05) is 26.3 Å². The minimum atomic E-state index is -0.617. The van der Waals surface area contributed by atoms with Gasteiger partial charge in [-0.2, -0.15) is 0 Å². The van der Waals surface area contributed by atoms with Crippen molar-refractivity contribution < 1.29 is 23.8 Å². The number of hydrogen-bond acceptors (Lipinski definition) is 5. The molecule has 160 valence electrons. The number of benzene rings is 1. The van der Waals surface area contributed by atoms with Crippen molar-refractivity contribution in [3.05, 3.63) is 35.0 Å². The van der Waals surface area contributed by atoms with Crippen LogP contribution in [-0.2, 0) is 9.53 Å². The van der Waals surface area contributed by atoms with Crippen LogP contribution in [-0.4, -0.2) is 31.8 Å². The van der Waals surface area contributed by atoms with Crippen LogP contribution in [0.25, 0.3) is 0 Å². The van der Waals surface area contributed by atoms with Gasteiger partial charge in [0.25, 0.3) is 0 Å². The van der Waals surface area contributed by atoms with Gasteiger partial charge in [0.15, 0.2) is 11.5 Å². The number of carbonyl (C=O) groups excluding carboxylic acids is 2. The molecule has 2 amide bonds. The lowest BCUT2D eigenvalue weighted by atomic mass is 9.93.